The zero-order valence-corrected chi connectivity index (χ0v) is 17.2. The van der Waals surface area contributed by atoms with Gasteiger partial charge in [0, 0.05) is 37.1 Å². The number of ether oxygens (including phenoxy) is 1. The lowest BCUT2D eigenvalue weighted by Gasteiger charge is -2.35. The van der Waals surface area contributed by atoms with Crippen LogP contribution in [-0.4, -0.2) is 39.6 Å². The minimum absolute atomic E-state index is 0.238. The third-order valence-corrected chi connectivity index (χ3v) is 5.46. The molecule has 0 bridgehead atoms. The van der Waals surface area contributed by atoms with Crippen molar-refractivity contribution in [3.05, 3.63) is 53.9 Å². The fourth-order valence-corrected chi connectivity index (χ4v) is 4.14. The Kier molecular flexibility index (Phi) is 5.13. The summed E-state index contributed by atoms with van der Waals surface area (Å²) in [5.41, 5.74) is 12.5. The van der Waals surface area contributed by atoms with Gasteiger partial charge in [0.25, 0.3) is 0 Å². The van der Waals surface area contributed by atoms with Gasteiger partial charge in [0.1, 0.15) is 5.65 Å². The van der Waals surface area contributed by atoms with Crippen LogP contribution in [0.4, 0.5) is 5.69 Å². The summed E-state index contributed by atoms with van der Waals surface area (Å²) in [4.78, 5) is 7.41. The van der Waals surface area contributed by atoms with E-state index < -0.39 is 0 Å². The molecule has 2 N–H and O–H groups in total. The van der Waals surface area contributed by atoms with E-state index in [1.165, 1.54) is 11.3 Å². The van der Waals surface area contributed by atoms with Gasteiger partial charge in [-0.2, -0.15) is 0 Å². The van der Waals surface area contributed by atoms with Crippen molar-refractivity contribution in [2.45, 2.75) is 52.4 Å². The van der Waals surface area contributed by atoms with Crippen LogP contribution in [0.5, 0.6) is 0 Å². The lowest BCUT2D eigenvalue weighted by molar-refractivity contribution is -0.0707. The molecule has 1 aliphatic heterocycles. The standard InChI is InChI=1S/C23H30N4O/c1-15(2)18-5-7-19(8-6-18)23-21(14-26-11-16(3)28-17(4)12-26)27-13-20(24)9-10-22(27)25-23/h5-10,13,15-17H,11-12,14,24H2,1-4H3. The molecule has 148 valence electrons. The van der Waals surface area contributed by atoms with Gasteiger partial charge in [-0.1, -0.05) is 38.1 Å². The molecule has 28 heavy (non-hydrogen) atoms. The number of imidazole rings is 1. The average molecular weight is 379 g/mol. The minimum atomic E-state index is 0.238. The Morgan fingerprint density at radius 1 is 1.07 bits per heavy atom. The number of anilines is 1. The van der Waals surface area contributed by atoms with E-state index in [2.05, 4.69) is 61.3 Å². The second kappa shape index (κ2) is 7.57. The average Bonchev–Trinajstić information content (AvgIpc) is 2.98. The summed E-state index contributed by atoms with van der Waals surface area (Å²) in [6.45, 7) is 11.4. The first-order valence-corrected chi connectivity index (χ1v) is 10.2. The Labute approximate surface area is 167 Å². The van der Waals surface area contributed by atoms with Crippen molar-refractivity contribution < 1.29 is 4.74 Å². The molecular weight excluding hydrogens is 348 g/mol. The SMILES string of the molecule is CC1CN(Cc2c(-c3ccc(C(C)C)cc3)nc3ccc(N)cn23)CC(C)O1. The van der Waals surface area contributed by atoms with Crippen LogP contribution >= 0.6 is 0 Å². The lowest BCUT2D eigenvalue weighted by atomic mass is 10.0. The summed E-state index contributed by atoms with van der Waals surface area (Å²) in [5.74, 6) is 0.519. The van der Waals surface area contributed by atoms with Gasteiger partial charge in [-0.25, -0.2) is 4.98 Å². The highest BCUT2D eigenvalue weighted by atomic mass is 16.5. The molecule has 2 unspecified atom stereocenters. The van der Waals surface area contributed by atoms with E-state index in [-0.39, 0.29) is 12.2 Å². The third-order valence-electron chi connectivity index (χ3n) is 5.46. The highest BCUT2D eigenvalue weighted by Gasteiger charge is 2.25. The lowest BCUT2D eigenvalue weighted by Crippen LogP contribution is -2.45. The highest BCUT2D eigenvalue weighted by molar-refractivity contribution is 5.67. The van der Waals surface area contributed by atoms with E-state index in [1.807, 2.05) is 18.3 Å². The number of nitrogen functional groups attached to an aromatic ring is 1. The van der Waals surface area contributed by atoms with E-state index in [4.69, 9.17) is 15.5 Å². The minimum Gasteiger partial charge on any atom is -0.398 e. The van der Waals surface area contributed by atoms with Gasteiger partial charge in [-0.05, 0) is 37.5 Å². The molecule has 3 heterocycles. The van der Waals surface area contributed by atoms with Crippen molar-refractivity contribution >= 4 is 11.3 Å². The molecule has 2 atom stereocenters. The number of aromatic nitrogens is 2. The van der Waals surface area contributed by atoms with Crippen molar-refractivity contribution in [1.29, 1.82) is 0 Å². The number of nitrogens with two attached hydrogens (primary N) is 1. The normalized spacial score (nSPS) is 20.9. The molecular formula is C23H30N4O. The first-order chi connectivity index (χ1) is 13.4. The number of rotatable bonds is 4. The second-order valence-corrected chi connectivity index (χ2v) is 8.33. The number of nitrogens with zero attached hydrogens (tertiary/aromatic N) is 3. The van der Waals surface area contributed by atoms with Gasteiger partial charge in [0.05, 0.1) is 23.6 Å². The number of fused-ring (bicyclic) bond motifs is 1. The summed E-state index contributed by atoms with van der Waals surface area (Å²) in [6.07, 6.45) is 2.46. The molecule has 3 aromatic rings. The molecule has 1 aliphatic rings. The maximum Gasteiger partial charge on any atom is 0.137 e. The molecule has 0 radical (unpaired) electrons. The maximum atomic E-state index is 6.09. The quantitative estimate of drug-likeness (QED) is 0.735. The van der Waals surface area contributed by atoms with Crippen LogP contribution < -0.4 is 5.73 Å². The fraction of sp³-hybridized carbons (Fsp3) is 0.435. The monoisotopic (exact) mass is 378 g/mol. The summed E-state index contributed by atoms with van der Waals surface area (Å²) in [7, 11) is 0. The number of morpholine rings is 1. The molecule has 0 aliphatic carbocycles. The van der Waals surface area contributed by atoms with E-state index in [1.54, 1.807) is 0 Å². The molecule has 1 fully saturated rings. The number of hydrogen-bond donors (Lipinski definition) is 1. The molecule has 5 heteroatoms. The van der Waals surface area contributed by atoms with Crippen LogP contribution in [0.1, 0.15) is 44.9 Å². The predicted molar refractivity (Wildman–Crippen MR) is 114 cm³/mol. The van der Waals surface area contributed by atoms with Gasteiger partial charge in [-0.3, -0.25) is 4.90 Å². The van der Waals surface area contributed by atoms with Crippen LogP contribution in [0.25, 0.3) is 16.9 Å². The summed E-state index contributed by atoms with van der Waals surface area (Å²) in [5, 5.41) is 0. The fourth-order valence-electron chi connectivity index (χ4n) is 4.14. The van der Waals surface area contributed by atoms with Gasteiger partial charge < -0.3 is 14.9 Å². The number of pyridine rings is 1. The van der Waals surface area contributed by atoms with Crippen molar-refractivity contribution in [3.8, 4) is 11.3 Å². The van der Waals surface area contributed by atoms with Crippen molar-refractivity contribution in [3.63, 3.8) is 0 Å². The summed E-state index contributed by atoms with van der Waals surface area (Å²) >= 11 is 0. The second-order valence-electron chi connectivity index (χ2n) is 8.33. The van der Waals surface area contributed by atoms with Gasteiger partial charge in [-0.15, -0.1) is 0 Å². The smallest absolute Gasteiger partial charge is 0.137 e. The molecule has 0 spiro atoms. The zero-order chi connectivity index (χ0) is 19.8. The largest absolute Gasteiger partial charge is 0.398 e. The van der Waals surface area contributed by atoms with Crippen molar-refractivity contribution in [2.75, 3.05) is 18.8 Å². The van der Waals surface area contributed by atoms with Gasteiger partial charge in [0.15, 0.2) is 0 Å². The summed E-state index contributed by atoms with van der Waals surface area (Å²) < 4.78 is 8.05. The van der Waals surface area contributed by atoms with E-state index in [0.29, 0.717) is 5.92 Å². The van der Waals surface area contributed by atoms with E-state index in [9.17, 15) is 0 Å². The Morgan fingerprint density at radius 2 is 1.75 bits per heavy atom. The molecule has 1 aromatic carbocycles. The van der Waals surface area contributed by atoms with Crippen molar-refractivity contribution in [2.24, 2.45) is 0 Å². The topological polar surface area (TPSA) is 55.8 Å². The molecule has 4 rings (SSSR count). The molecule has 5 nitrogen and oxygen atoms in total. The van der Waals surface area contributed by atoms with Crippen LogP contribution in [0, 0.1) is 0 Å². The zero-order valence-electron chi connectivity index (χ0n) is 17.2. The van der Waals surface area contributed by atoms with Gasteiger partial charge in [0.2, 0.25) is 0 Å². The van der Waals surface area contributed by atoms with Gasteiger partial charge >= 0.3 is 0 Å². The highest BCUT2D eigenvalue weighted by Crippen LogP contribution is 2.29. The molecule has 0 amide bonds. The Hall–Kier alpha value is -2.37. The van der Waals surface area contributed by atoms with Crippen LogP contribution in [0.3, 0.4) is 0 Å². The predicted octanol–water partition coefficient (Wildman–Crippen LogP) is 4.32. The molecule has 2 aromatic heterocycles. The van der Waals surface area contributed by atoms with E-state index in [0.717, 1.165) is 42.2 Å². The maximum absolute atomic E-state index is 6.09. The Bertz CT molecular complexity index is 951. The molecule has 0 saturated carbocycles. The van der Waals surface area contributed by atoms with E-state index >= 15 is 0 Å². The van der Waals surface area contributed by atoms with Crippen molar-refractivity contribution in [1.82, 2.24) is 14.3 Å². The third kappa shape index (κ3) is 3.77. The number of hydrogen-bond acceptors (Lipinski definition) is 4. The summed E-state index contributed by atoms with van der Waals surface area (Å²) in [6, 6.07) is 12.7. The Balaban J connectivity index is 1.76. The number of benzene rings is 1. The first kappa shape index (κ1) is 19.0. The van der Waals surface area contributed by atoms with Crippen LogP contribution in [-0.2, 0) is 11.3 Å². The Morgan fingerprint density at radius 3 is 2.39 bits per heavy atom. The first-order valence-electron chi connectivity index (χ1n) is 10.2. The van der Waals surface area contributed by atoms with Crippen LogP contribution in [0.15, 0.2) is 42.6 Å². The van der Waals surface area contributed by atoms with Crippen LogP contribution in [0.2, 0.25) is 0 Å². The molecule has 1 saturated heterocycles.